The van der Waals surface area contributed by atoms with Crippen molar-refractivity contribution >= 4 is 18.4 Å². The number of benzene rings is 2. The van der Waals surface area contributed by atoms with Gasteiger partial charge in [-0.25, -0.2) is 9.18 Å². The van der Waals surface area contributed by atoms with E-state index >= 15 is 0 Å². The summed E-state index contributed by atoms with van der Waals surface area (Å²) in [6.45, 7) is 0.448. The van der Waals surface area contributed by atoms with Crippen molar-refractivity contribution in [2.75, 3.05) is 7.11 Å². The minimum absolute atomic E-state index is 0. The topological polar surface area (TPSA) is 52.3 Å². The van der Waals surface area contributed by atoms with Crippen LogP contribution in [0.15, 0.2) is 42.5 Å². The average molecular weight is 296 g/mol. The van der Waals surface area contributed by atoms with E-state index in [9.17, 15) is 9.18 Å². The molecule has 2 aromatic rings. The second-order valence-corrected chi connectivity index (χ2v) is 4.09. The highest BCUT2D eigenvalue weighted by Crippen LogP contribution is 2.24. The van der Waals surface area contributed by atoms with Crippen molar-refractivity contribution in [2.45, 2.75) is 6.54 Å². The minimum Gasteiger partial charge on any atom is -0.465 e. The maximum Gasteiger partial charge on any atom is 0.337 e. The number of hydrogen-bond donors (Lipinski definition) is 1. The zero-order valence-corrected chi connectivity index (χ0v) is 11.7. The fourth-order valence-corrected chi connectivity index (χ4v) is 1.81. The third-order valence-electron chi connectivity index (χ3n) is 2.89. The lowest BCUT2D eigenvalue weighted by Crippen LogP contribution is -2.02. The van der Waals surface area contributed by atoms with Crippen LogP contribution >= 0.6 is 12.4 Å². The van der Waals surface area contributed by atoms with Gasteiger partial charge in [-0.15, -0.1) is 12.4 Å². The summed E-state index contributed by atoms with van der Waals surface area (Å²) >= 11 is 0. The Bertz CT molecular complexity index is 599. The molecule has 0 atom stereocenters. The van der Waals surface area contributed by atoms with E-state index in [2.05, 4.69) is 4.74 Å². The molecular weight excluding hydrogens is 281 g/mol. The maximum absolute atomic E-state index is 14.0. The zero-order valence-electron chi connectivity index (χ0n) is 10.9. The van der Waals surface area contributed by atoms with E-state index < -0.39 is 11.8 Å². The molecule has 0 fully saturated rings. The van der Waals surface area contributed by atoms with Gasteiger partial charge in [0.1, 0.15) is 5.82 Å². The second kappa shape index (κ2) is 7.03. The summed E-state index contributed by atoms with van der Waals surface area (Å²) in [5.41, 5.74) is 7.87. The molecule has 0 spiro atoms. The molecule has 0 saturated carbocycles. The van der Waals surface area contributed by atoms with Crippen LogP contribution in [0.2, 0.25) is 0 Å². The van der Waals surface area contributed by atoms with E-state index in [0.717, 1.165) is 11.1 Å². The lowest BCUT2D eigenvalue weighted by Gasteiger charge is -2.06. The molecular formula is C15H15ClFNO2. The van der Waals surface area contributed by atoms with Gasteiger partial charge >= 0.3 is 5.97 Å². The van der Waals surface area contributed by atoms with E-state index in [-0.39, 0.29) is 18.0 Å². The number of rotatable bonds is 3. The summed E-state index contributed by atoms with van der Waals surface area (Å²) in [7, 11) is 1.26. The molecule has 0 heterocycles. The van der Waals surface area contributed by atoms with Crippen molar-refractivity contribution in [1.82, 2.24) is 0 Å². The number of carbonyl (C=O) groups is 1. The highest BCUT2D eigenvalue weighted by Gasteiger charge is 2.10. The van der Waals surface area contributed by atoms with Gasteiger partial charge < -0.3 is 10.5 Å². The summed E-state index contributed by atoms with van der Waals surface area (Å²) in [5, 5.41) is 0. The number of halogens is 2. The van der Waals surface area contributed by atoms with E-state index in [0.29, 0.717) is 12.1 Å². The Kier molecular flexibility index (Phi) is 5.67. The Morgan fingerprint density at radius 1 is 1.20 bits per heavy atom. The number of methoxy groups -OCH3 is 1. The van der Waals surface area contributed by atoms with Crippen LogP contribution < -0.4 is 5.73 Å². The van der Waals surface area contributed by atoms with Gasteiger partial charge in [-0.1, -0.05) is 30.3 Å². The monoisotopic (exact) mass is 295 g/mol. The molecule has 0 bridgehead atoms. The number of ether oxygens (including phenoxy) is 1. The minimum atomic E-state index is -0.552. The third-order valence-corrected chi connectivity index (χ3v) is 2.89. The second-order valence-electron chi connectivity index (χ2n) is 4.09. The van der Waals surface area contributed by atoms with Crippen LogP contribution in [0.1, 0.15) is 15.9 Å². The molecule has 0 radical (unpaired) electrons. The van der Waals surface area contributed by atoms with Gasteiger partial charge in [-0.2, -0.15) is 0 Å². The van der Waals surface area contributed by atoms with E-state index in [1.54, 1.807) is 24.3 Å². The number of hydrogen-bond acceptors (Lipinski definition) is 3. The molecule has 5 heteroatoms. The van der Waals surface area contributed by atoms with Crippen LogP contribution in [0.5, 0.6) is 0 Å². The Labute approximate surface area is 123 Å². The Balaban J connectivity index is 0.00000200. The fraction of sp³-hybridized carbons (Fsp3) is 0.133. The molecule has 3 nitrogen and oxygen atoms in total. The molecule has 0 aliphatic heterocycles. The molecule has 2 N–H and O–H groups in total. The van der Waals surface area contributed by atoms with Gasteiger partial charge in [-0.3, -0.25) is 0 Å². The first-order valence-electron chi connectivity index (χ1n) is 5.83. The van der Waals surface area contributed by atoms with Crippen LogP contribution in [0.25, 0.3) is 11.1 Å². The maximum atomic E-state index is 14.0. The summed E-state index contributed by atoms with van der Waals surface area (Å²) in [4.78, 5) is 11.3. The van der Waals surface area contributed by atoms with Crippen molar-refractivity contribution in [3.8, 4) is 11.1 Å². The van der Waals surface area contributed by atoms with Crippen LogP contribution in [0.4, 0.5) is 4.39 Å². The first kappa shape index (κ1) is 16.1. The standard InChI is InChI=1S/C15H14FNO2.ClH/c1-19-15(18)12-6-7-13(14(16)8-12)11-4-2-10(9-17)3-5-11;/h2-8H,9,17H2,1H3;1H. The molecule has 0 aliphatic carbocycles. The summed E-state index contributed by atoms with van der Waals surface area (Å²) in [6, 6.07) is 11.6. The largest absolute Gasteiger partial charge is 0.465 e. The fourth-order valence-electron chi connectivity index (χ4n) is 1.81. The lowest BCUT2D eigenvalue weighted by molar-refractivity contribution is 0.0600. The van der Waals surface area contributed by atoms with Gasteiger partial charge in [0.15, 0.2) is 0 Å². The molecule has 0 aliphatic rings. The summed E-state index contributed by atoms with van der Waals surface area (Å²) in [6.07, 6.45) is 0. The Hall–Kier alpha value is -1.91. The van der Waals surface area contributed by atoms with Crippen LogP contribution in [0, 0.1) is 5.82 Å². The van der Waals surface area contributed by atoms with Gasteiger partial charge in [0.2, 0.25) is 0 Å². The molecule has 2 rings (SSSR count). The summed E-state index contributed by atoms with van der Waals surface area (Å²) < 4.78 is 18.5. The van der Waals surface area contributed by atoms with E-state index in [1.807, 2.05) is 12.1 Å². The first-order valence-corrected chi connectivity index (χ1v) is 5.83. The molecule has 106 valence electrons. The summed E-state index contributed by atoms with van der Waals surface area (Å²) in [5.74, 6) is -1.01. The van der Waals surface area contributed by atoms with E-state index in [4.69, 9.17) is 5.73 Å². The third kappa shape index (κ3) is 3.35. The quantitative estimate of drug-likeness (QED) is 0.885. The van der Waals surface area contributed by atoms with E-state index in [1.165, 1.54) is 13.2 Å². The van der Waals surface area contributed by atoms with Crippen molar-refractivity contribution in [1.29, 1.82) is 0 Å². The van der Waals surface area contributed by atoms with Crippen LogP contribution in [-0.2, 0) is 11.3 Å². The van der Waals surface area contributed by atoms with Gasteiger partial charge in [-0.05, 0) is 23.3 Å². The van der Waals surface area contributed by atoms with Crippen LogP contribution in [0.3, 0.4) is 0 Å². The Morgan fingerprint density at radius 2 is 1.85 bits per heavy atom. The smallest absolute Gasteiger partial charge is 0.337 e. The normalized spacial score (nSPS) is 9.75. The number of nitrogens with two attached hydrogens (primary N) is 1. The number of carbonyl (C=O) groups excluding carboxylic acids is 1. The molecule has 0 unspecified atom stereocenters. The van der Waals surface area contributed by atoms with Crippen molar-refractivity contribution in [3.63, 3.8) is 0 Å². The SMILES string of the molecule is COC(=O)c1ccc(-c2ccc(CN)cc2)c(F)c1.Cl. The predicted molar refractivity (Wildman–Crippen MR) is 78.3 cm³/mol. The molecule has 0 amide bonds. The lowest BCUT2D eigenvalue weighted by atomic mass is 10.0. The van der Waals surface area contributed by atoms with Gasteiger partial charge in [0.05, 0.1) is 12.7 Å². The first-order chi connectivity index (χ1) is 9.15. The van der Waals surface area contributed by atoms with Crippen molar-refractivity contribution in [2.24, 2.45) is 5.73 Å². The van der Waals surface area contributed by atoms with Gasteiger partial charge in [0, 0.05) is 12.1 Å². The highest BCUT2D eigenvalue weighted by atomic mass is 35.5. The predicted octanol–water partition coefficient (Wildman–Crippen LogP) is 3.16. The van der Waals surface area contributed by atoms with Crippen LogP contribution in [-0.4, -0.2) is 13.1 Å². The number of esters is 1. The zero-order chi connectivity index (χ0) is 13.8. The molecule has 0 saturated heterocycles. The highest BCUT2D eigenvalue weighted by molar-refractivity contribution is 5.90. The van der Waals surface area contributed by atoms with Gasteiger partial charge in [0.25, 0.3) is 0 Å². The Morgan fingerprint density at radius 3 is 2.35 bits per heavy atom. The average Bonchev–Trinajstić information content (AvgIpc) is 2.46. The molecule has 2 aromatic carbocycles. The van der Waals surface area contributed by atoms with Crippen molar-refractivity contribution in [3.05, 3.63) is 59.4 Å². The van der Waals surface area contributed by atoms with Crippen molar-refractivity contribution < 1.29 is 13.9 Å². The molecule has 20 heavy (non-hydrogen) atoms. The molecule has 0 aromatic heterocycles.